The number of hydrogen-bond acceptors (Lipinski definition) is 8. The van der Waals surface area contributed by atoms with Crippen molar-refractivity contribution in [1.82, 2.24) is 4.90 Å². The van der Waals surface area contributed by atoms with Crippen LogP contribution >= 0.6 is 0 Å². The number of amides is 1. The lowest BCUT2D eigenvalue weighted by molar-refractivity contribution is 0.0210. The molecule has 10 heteroatoms. The molecule has 1 saturated heterocycles. The number of halogens is 1. The molecule has 3 aliphatic rings. The molecule has 2 aliphatic heterocycles. The van der Waals surface area contributed by atoms with Gasteiger partial charge in [-0.3, -0.25) is 4.90 Å². The Morgan fingerprint density at radius 3 is 2.50 bits per heavy atom. The Balaban J connectivity index is 1.53. The van der Waals surface area contributed by atoms with E-state index in [1.54, 1.807) is 11.0 Å². The Morgan fingerprint density at radius 2 is 1.85 bits per heavy atom. The van der Waals surface area contributed by atoms with Crippen LogP contribution in [0.1, 0.15) is 65.7 Å². The number of nitrogens with one attached hydrogen (secondary N) is 1. The van der Waals surface area contributed by atoms with E-state index in [1.165, 1.54) is 12.1 Å². The molecule has 4 rings (SSSR count). The van der Waals surface area contributed by atoms with Crippen molar-refractivity contribution < 1.29 is 13.9 Å². The predicted octanol–water partition coefficient (Wildman–Crippen LogP) is 3.75. The molecule has 0 atom stereocenters. The summed E-state index contributed by atoms with van der Waals surface area (Å²) in [4.78, 5) is 24.9. The third-order valence-electron chi connectivity index (χ3n) is 6.56. The average molecular weight is 474 g/mol. The highest BCUT2D eigenvalue weighted by Crippen LogP contribution is 2.42. The lowest BCUT2D eigenvalue weighted by Crippen LogP contribution is -2.58. The van der Waals surface area contributed by atoms with Crippen LogP contribution in [0.4, 0.5) is 20.6 Å². The molecule has 0 unspecified atom stereocenters. The van der Waals surface area contributed by atoms with Gasteiger partial charge in [0.15, 0.2) is 0 Å². The molecule has 1 aromatic rings. The van der Waals surface area contributed by atoms with E-state index in [1.807, 2.05) is 25.7 Å². The van der Waals surface area contributed by atoms with Gasteiger partial charge in [-0.05, 0) is 77.5 Å². The topological polar surface area (TPSA) is 122 Å². The molecule has 9 nitrogen and oxygen atoms in total. The number of ether oxygens (including phenoxy) is 1. The van der Waals surface area contributed by atoms with E-state index >= 15 is 0 Å². The van der Waals surface area contributed by atoms with Gasteiger partial charge in [0.25, 0.3) is 0 Å². The standard InChI is InChI=1S/C24H36FN7O2/c1-23(2,3)34-22(33)31-13-9-17(10-14-31)28-18-8-7-16(25)15-19(18)32-21(27)29-20(26)30-24(32)11-5-4-6-12-24/h7-8,15,17,28H,4-6,9-14H2,1-3H3,(H4,26,27,29,30). The van der Waals surface area contributed by atoms with Crippen LogP contribution in [0.25, 0.3) is 0 Å². The van der Waals surface area contributed by atoms with Crippen molar-refractivity contribution in [2.75, 3.05) is 23.3 Å². The van der Waals surface area contributed by atoms with E-state index < -0.39 is 11.3 Å². The smallest absolute Gasteiger partial charge is 0.410 e. The molecule has 1 aliphatic carbocycles. The second kappa shape index (κ2) is 9.31. The fourth-order valence-corrected chi connectivity index (χ4v) is 5.03. The van der Waals surface area contributed by atoms with Crippen LogP contribution in [0.15, 0.2) is 28.2 Å². The van der Waals surface area contributed by atoms with Gasteiger partial charge in [-0.2, -0.15) is 4.99 Å². The Kier molecular flexibility index (Phi) is 6.60. The Labute approximate surface area is 200 Å². The van der Waals surface area contributed by atoms with Gasteiger partial charge in [-0.15, -0.1) is 0 Å². The van der Waals surface area contributed by atoms with Crippen molar-refractivity contribution in [3.8, 4) is 0 Å². The maximum Gasteiger partial charge on any atom is 0.410 e. The highest BCUT2D eigenvalue weighted by molar-refractivity contribution is 6.07. The fourth-order valence-electron chi connectivity index (χ4n) is 5.03. The number of likely N-dealkylation sites (tertiary alicyclic amines) is 1. The van der Waals surface area contributed by atoms with Gasteiger partial charge in [0.2, 0.25) is 11.9 Å². The zero-order chi connectivity index (χ0) is 24.5. The Bertz CT molecular complexity index is 974. The molecule has 2 heterocycles. The lowest BCUT2D eigenvalue weighted by Gasteiger charge is -2.46. The first-order chi connectivity index (χ1) is 16.1. The highest BCUT2D eigenvalue weighted by Gasteiger charge is 2.43. The highest BCUT2D eigenvalue weighted by atomic mass is 19.1. The first kappa shape index (κ1) is 24.1. The molecule has 0 radical (unpaired) electrons. The normalized spacial score (nSPS) is 21.2. The summed E-state index contributed by atoms with van der Waals surface area (Å²) in [7, 11) is 0. The van der Waals surface area contributed by atoms with Crippen LogP contribution in [-0.2, 0) is 4.74 Å². The van der Waals surface area contributed by atoms with Crippen LogP contribution in [0.3, 0.4) is 0 Å². The molecule has 186 valence electrons. The lowest BCUT2D eigenvalue weighted by atomic mass is 9.87. The monoisotopic (exact) mass is 473 g/mol. The minimum absolute atomic E-state index is 0.113. The molecule has 2 fully saturated rings. The number of nitrogens with zero attached hydrogens (tertiary/aromatic N) is 4. The summed E-state index contributed by atoms with van der Waals surface area (Å²) in [5.41, 5.74) is 12.5. The van der Waals surface area contributed by atoms with E-state index in [2.05, 4.69) is 10.3 Å². The summed E-state index contributed by atoms with van der Waals surface area (Å²) in [5, 5.41) is 3.56. The second-order valence-corrected chi connectivity index (χ2v) is 10.4. The quantitative estimate of drug-likeness (QED) is 0.615. The van der Waals surface area contributed by atoms with Gasteiger partial charge in [0, 0.05) is 19.1 Å². The Hall–Kier alpha value is -3.04. The van der Waals surface area contributed by atoms with Crippen LogP contribution < -0.4 is 21.7 Å². The van der Waals surface area contributed by atoms with Crippen molar-refractivity contribution in [2.24, 2.45) is 21.5 Å². The molecule has 5 N–H and O–H groups in total. The largest absolute Gasteiger partial charge is 0.444 e. The summed E-state index contributed by atoms with van der Waals surface area (Å²) in [5.74, 6) is 0.0282. The maximum atomic E-state index is 14.5. The molecule has 34 heavy (non-hydrogen) atoms. The number of anilines is 2. The third-order valence-corrected chi connectivity index (χ3v) is 6.56. The number of benzene rings is 1. The number of guanidine groups is 2. The third kappa shape index (κ3) is 5.20. The number of nitrogens with two attached hydrogens (primary N) is 2. The van der Waals surface area contributed by atoms with Crippen LogP contribution in [0.2, 0.25) is 0 Å². The molecule has 0 bridgehead atoms. The molecule has 0 aromatic heterocycles. The second-order valence-electron chi connectivity index (χ2n) is 10.4. The molecule has 1 aromatic carbocycles. The van der Waals surface area contributed by atoms with Crippen LogP contribution in [-0.4, -0.2) is 53.3 Å². The number of piperidine rings is 1. The van der Waals surface area contributed by atoms with E-state index in [0.717, 1.165) is 50.6 Å². The van der Waals surface area contributed by atoms with Crippen LogP contribution in [0.5, 0.6) is 0 Å². The molecule has 1 amide bonds. The predicted molar refractivity (Wildman–Crippen MR) is 132 cm³/mol. The number of rotatable bonds is 3. The summed E-state index contributed by atoms with van der Waals surface area (Å²) in [6.07, 6.45) is 5.84. The van der Waals surface area contributed by atoms with Crippen molar-refractivity contribution in [3.05, 3.63) is 24.0 Å². The van der Waals surface area contributed by atoms with E-state index in [0.29, 0.717) is 18.8 Å². The zero-order valence-corrected chi connectivity index (χ0v) is 20.3. The van der Waals surface area contributed by atoms with E-state index in [-0.39, 0.29) is 29.9 Å². The van der Waals surface area contributed by atoms with E-state index in [9.17, 15) is 9.18 Å². The number of aliphatic imine (C=N–C) groups is 2. The van der Waals surface area contributed by atoms with Crippen molar-refractivity contribution in [3.63, 3.8) is 0 Å². The zero-order valence-electron chi connectivity index (χ0n) is 20.3. The van der Waals surface area contributed by atoms with Gasteiger partial charge < -0.3 is 26.4 Å². The van der Waals surface area contributed by atoms with Gasteiger partial charge >= 0.3 is 6.09 Å². The first-order valence-electron chi connectivity index (χ1n) is 12.1. The molecule has 1 spiro atoms. The molecular formula is C24H36FN7O2. The van der Waals surface area contributed by atoms with Gasteiger partial charge in [-0.1, -0.05) is 6.42 Å². The first-order valence-corrected chi connectivity index (χ1v) is 12.1. The molecular weight excluding hydrogens is 437 g/mol. The number of carbonyl (C=O) groups is 1. The van der Waals surface area contributed by atoms with Crippen molar-refractivity contribution in [2.45, 2.75) is 83.0 Å². The van der Waals surface area contributed by atoms with Crippen molar-refractivity contribution in [1.29, 1.82) is 0 Å². The fraction of sp³-hybridized carbons (Fsp3) is 0.625. The van der Waals surface area contributed by atoms with Gasteiger partial charge in [0.05, 0.1) is 11.4 Å². The summed E-state index contributed by atoms with van der Waals surface area (Å²) in [6.45, 7) is 6.76. The maximum absolute atomic E-state index is 14.5. The van der Waals surface area contributed by atoms with Crippen molar-refractivity contribution >= 4 is 29.4 Å². The summed E-state index contributed by atoms with van der Waals surface area (Å²) < 4.78 is 20.0. The van der Waals surface area contributed by atoms with E-state index in [4.69, 9.17) is 21.2 Å². The number of carbonyl (C=O) groups excluding carboxylic acids is 1. The minimum atomic E-state index is -0.654. The number of hydrogen-bond donors (Lipinski definition) is 3. The molecule has 1 saturated carbocycles. The minimum Gasteiger partial charge on any atom is -0.444 e. The average Bonchev–Trinajstić information content (AvgIpc) is 2.75. The summed E-state index contributed by atoms with van der Waals surface area (Å²) >= 11 is 0. The SMILES string of the molecule is CC(C)(C)OC(=O)N1CCC(Nc2ccc(F)cc2N2C(N)=NC(N)=NC23CCCCC3)CC1. The Morgan fingerprint density at radius 1 is 1.18 bits per heavy atom. The van der Waals surface area contributed by atoms with Gasteiger partial charge in [-0.25, -0.2) is 14.2 Å². The van der Waals surface area contributed by atoms with Crippen LogP contribution in [0, 0.1) is 5.82 Å². The summed E-state index contributed by atoms with van der Waals surface area (Å²) in [6, 6.07) is 4.76. The van der Waals surface area contributed by atoms with Gasteiger partial charge in [0.1, 0.15) is 17.1 Å².